The van der Waals surface area contributed by atoms with Crippen molar-refractivity contribution in [3.63, 3.8) is 0 Å². The van der Waals surface area contributed by atoms with Gasteiger partial charge in [0.15, 0.2) is 0 Å². The van der Waals surface area contributed by atoms with Gasteiger partial charge in [0.25, 0.3) is 0 Å². The van der Waals surface area contributed by atoms with Gasteiger partial charge in [-0.05, 0) is 56.0 Å². The van der Waals surface area contributed by atoms with Crippen LogP contribution >= 0.6 is 23.2 Å². The van der Waals surface area contributed by atoms with E-state index in [2.05, 4.69) is 22.1 Å². The lowest BCUT2D eigenvalue weighted by Gasteiger charge is -2.18. The summed E-state index contributed by atoms with van der Waals surface area (Å²) >= 11 is 12.2. The molecule has 5 heteroatoms. The van der Waals surface area contributed by atoms with Crippen molar-refractivity contribution in [3.8, 4) is 0 Å². The van der Waals surface area contributed by atoms with Crippen molar-refractivity contribution in [3.05, 3.63) is 50.8 Å². The molecule has 112 valence electrons. The number of nitrogens with one attached hydrogen (secondary N) is 1. The normalized spacial score (nSPS) is 14.5. The van der Waals surface area contributed by atoms with E-state index in [0.717, 1.165) is 36.5 Å². The van der Waals surface area contributed by atoms with Gasteiger partial charge in [-0.3, -0.25) is 10.00 Å². The van der Waals surface area contributed by atoms with E-state index in [1.807, 2.05) is 12.1 Å². The summed E-state index contributed by atoms with van der Waals surface area (Å²) < 4.78 is 0. The Bertz CT molecular complexity index is 636. The fraction of sp³-hybridized carbons (Fsp3) is 0.438. The van der Waals surface area contributed by atoms with E-state index in [4.69, 9.17) is 23.2 Å². The first-order valence-electron chi connectivity index (χ1n) is 7.31. The Balaban J connectivity index is 1.69. The molecule has 21 heavy (non-hydrogen) atoms. The topological polar surface area (TPSA) is 31.9 Å². The Morgan fingerprint density at radius 2 is 2.00 bits per heavy atom. The molecule has 1 aromatic carbocycles. The Hall–Kier alpha value is -1.03. The maximum atomic E-state index is 6.24. The highest BCUT2D eigenvalue weighted by Gasteiger charge is 2.17. The average Bonchev–Trinajstić information content (AvgIpc) is 2.85. The van der Waals surface area contributed by atoms with Gasteiger partial charge in [0.2, 0.25) is 0 Å². The first-order valence-corrected chi connectivity index (χ1v) is 8.06. The Labute approximate surface area is 135 Å². The van der Waals surface area contributed by atoms with Gasteiger partial charge in [0, 0.05) is 28.8 Å². The third-order valence-corrected chi connectivity index (χ3v) is 4.60. The Morgan fingerprint density at radius 1 is 1.19 bits per heavy atom. The summed E-state index contributed by atoms with van der Waals surface area (Å²) in [6, 6.07) is 5.66. The molecule has 1 N–H and O–H groups in total. The summed E-state index contributed by atoms with van der Waals surface area (Å²) in [6.45, 7) is 1.63. The molecular weight excluding hydrogens is 305 g/mol. The number of nitrogens with zero attached hydrogens (tertiary/aromatic N) is 2. The molecule has 1 aliphatic rings. The lowest BCUT2D eigenvalue weighted by atomic mass is 9.96. The molecule has 0 atom stereocenters. The zero-order valence-electron chi connectivity index (χ0n) is 12.1. The largest absolute Gasteiger partial charge is 0.296 e. The molecule has 0 aliphatic heterocycles. The van der Waals surface area contributed by atoms with Gasteiger partial charge in [-0.25, -0.2) is 0 Å². The average molecular weight is 324 g/mol. The Kier molecular flexibility index (Phi) is 4.53. The standard InChI is InChI=1S/C16H19Cl2N3/c1-21(9-11-6-7-12(17)8-14(11)18)10-16-13-4-2-3-5-15(13)19-20-16/h6-8H,2-5,9-10H2,1H3,(H,19,20). The van der Waals surface area contributed by atoms with Crippen LogP contribution in [-0.2, 0) is 25.9 Å². The van der Waals surface area contributed by atoms with Crippen LogP contribution in [-0.4, -0.2) is 22.1 Å². The van der Waals surface area contributed by atoms with Crippen molar-refractivity contribution in [2.45, 2.75) is 38.8 Å². The molecule has 0 saturated carbocycles. The van der Waals surface area contributed by atoms with Crippen LogP contribution in [0.5, 0.6) is 0 Å². The Morgan fingerprint density at radius 3 is 2.81 bits per heavy atom. The first kappa shape index (κ1) is 14.9. The van der Waals surface area contributed by atoms with E-state index in [1.165, 1.54) is 29.8 Å². The monoisotopic (exact) mass is 323 g/mol. The second-order valence-electron chi connectivity index (χ2n) is 5.74. The minimum atomic E-state index is 0.674. The molecule has 3 rings (SSSR count). The number of aromatic nitrogens is 2. The summed E-state index contributed by atoms with van der Waals surface area (Å²) in [6.07, 6.45) is 4.82. The van der Waals surface area contributed by atoms with Gasteiger partial charge < -0.3 is 0 Å². The van der Waals surface area contributed by atoms with Gasteiger partial charge in [-0.2, -0.15) is 5.10 Å². The van der Waals surface area contributed by atoms with Gasteiger partial charge in [-0.15, -0.1) is 0 Å². The molecule has 0 unspecified atom stereocenters. The number of aromatic amines is 1. The van der Waals surface area contributed by atoms with Gasteiger partial charge >= 0.3 is 0 Å². The highest BCUT2D eigenvalue weighted by Crippen LogP contribution is 2.25. The number of halogens is 2. The van der Waals surface area contributed by atoms with Crippen molar-refractivity contribution >= 4 is 23.2 Å². The van der Waals surface area contributed by atoms with Crippen LogP contribution < -0.4 is 0 Å². The van der Waals surface area contributed by atoms with E-state index >= 15 is 0 Å². The molecule has 0 amide bonds. The number of hydrogen-bond donors (Lipinski definition) is 1. The third kappa shape index (κ3) is 3.42. The predicted molar refractivity (Wildman–Crippen MR) is 86.9 cm³/mol. The molecule has 1 heterocycles. The van der Waals surface area contributed by atoms with E-state index in [-0.39, 0.29) is 0 Å². The number of fused-ring (bicyclic) bond motifs is 1. The number of hydrogen-bond acceptors (Lipinski definition) is 2. The molecule has 0 bridgehead atoms. The van der Waals surface area contributed by atoms with E-state index < -0.39 is 0 Å². The maximum absolute atomic E-state index is 6.24. The number of benzene rings is 1. The fourth-order valence-corrected chi connectivity index (χ4v) is 3.40. The van der Waals surface area contributed by atoms with Crippen LogP contribution in [0, 0.1) is 0 Å². The van der Waals surface area contributed by atoms with Crippen LogP contribution in [0.25, 0.3) is 0 Å². The van der Waals surface area contributed by atoms with Gasteiger partial charge in [0.1, 0.15) is 0 Å². The molecule has 1 aliphatic carbocycles. The van der Waals surface area contributed by atoms with E-state index in [9.17, 15) is 0 Å². The molecular formula is C16H19Cl2N3. The molecule has 2 aromatic rings. The van der Waals surface area contributed by atoms with Crippen LogP contribution in [0.4, 0.5) is 0 Å². The number of aryl methyl sites for hydroxylation is 1. The minimum absolute atomic E-state index is 0.674. The molecule has 0 fully saturated rings. The van der Waals surface area contributed by atoms with Crippen LogP contribution in [0.2, 0.25) is 10.0 Å². The third-order valence-electron chi connectivity index (χ3n) is 4.02. The quantitative estimate of drug-likeness (QED) is 0.913. The SMILES string of the molecule is CN(Cc1ccc(Cl)cc1Cl)Cc1n[nH]c2c1CCCC2. The van der Waals surface area contributed by atoms with Crippen molar-refractivity contribution < 1.29 is 0 Å². The second-order valence-corrected chi connectivity index (χ2v) is 6.59. The number of H-pyrrole nitrogens is 1. The van der Waals surface area contributed by atoms with Crippen molar-refractivity contribution in [1.29, 1.82) is 0 Å². The van der Waals surface area contributed by atoms with E-state index in [0.29, 0.717) is 5.02 Å². The lowest BCUT2D eigenvalue weighted by molar-refractivity contribution is 0.314. The van der Waals surface area contributed by atoms with Crippen LogP contribution in [0.1, 0.15) is 35.4 Å². The highest BCUT2D eigenvalue weighted by molar-refractivity contribution is 6.35. The van der Waals surface area contributed by atoms with Crippen molar-refractivity contribution in [1.82, 2.24) is 15.1 Å². The second kappa shape index (κ2) is 6.39. The fourth-order valence-electron chi connectivity index (χ4n) is 2.93. The van der Waals surface area contributed by atoms with Crippen molar-refractivity contribution in [2.24, 2.45) is 0 Å². The van der Waals surface area contributed by atoms with Crippen molar-refractivity contribution in [2.75, 3.05) is 7.05 Å². The highest BCUT2D eigenvalue weighted by atomic mass is 35.5. The number of rotatable bonds is 4. The predicted octanol–water partition coefficient (Wildman–Crippen LogP) is 4.23. The summed E-state index contributed by atoms with van der Waals surface area (Å²) in [4.78, 5) is 2.24. The minimum Gasteiger partial charge on any atom is -0.296 e. The summed E-state index contributed by atoms with van der Waals surface area (Å²) in [5.74, 6) is 0. The van der Waals surface area contributed by atoms with Gasteiger partial charge in [0.05, 0.1) is 5.69 Å². The zero-order valence-corrected chi connectivity index (χ0v) is 13.6. The maximum Gasteiger partial charge on any atom is 0.0797 e. The van der Waals surface area contributed by atoms with Crippen LogP contribution in [0.15, 0.2) is 18.2 Å². The summed E-state index contributed by atoms with van der Waals surface area (Å²) in [5, 5.41) is 9.08. The first-order chi connectivity index (χ1) is 10.1. The molecule has 0 radical (unpaired) electrons. The lowest BCUT2D eigenvalue weighted by Crippen LogP contribution is -2.19. The van der Waals surface area contributed by atoms with E-state index in [1.54, 1.807) is 6.07 Å². The smallest absolute Gasteiger partial charge is 0.0797 e. The summed E-state index contributed by atoms with van der Waals surface area (Å²) in [7, 11) is 2.09. The molecule has 3 nitrogen and oxygen atoms in total. The molecule has 1 aromatic heterocycles. The zero-order chi connectivity index (χ0) is 14.8. The van der Waals surface area contributed by atoms with Crippen LogP contribution in [0.3, 0.4) is 0 Å². The van der Waals surface area contributed by atoms with Gasteiger partial charge in [-0.1, -0.05) is 29.3 Å². The summed E-state index contributed by atoms with van der Waals surface area (Å²) in [5.41, 5.74) is 5.02. The molecule has 0 spiro atoms. The molecule has 0 saturated heterocycles.